The van der Waals surface area contributed by atoms with E-state index in [2.05, 4.69) is 9.46 Å². The first-order chi connectivity index (χ1) is 13.7. The van der Waals surface area contributed by atoms with Gasteiger partial charge in [-0.1, -0.05) is 18.2 Å². The minimum absolute atomic E-state index is 0.0962. The molecule has 0 aliphatic rings. The number of benzene rings is 2. The van der Waals surface area contributed by atoms with Crippen LogP contribution in [0.25, 0.3) is 0 Å². The smallest absolute Gasteiger partial charge is 0.340 e. The summed E-state index contributed by atoms with van der Waals surface area (Å²) in [6.45, 7) is 0. The largest absolute Gasteiger partial charge is 0.465 e. The monoisotopic (exact) mass is 438 g/mol. The van der Waals surface area contributed by atoms with Crippen LogP contribution in [0, 0.1) is 5.82 Å². The summed E-state index contributed by atoms with van der Waals surface area (Å²) in [5, 5.41) is -0.557. The zero-order valence-electron chi connectivity index (χ0n) is 14.9. The third-order valence-corrected chi connectivity index (χ3v) is 7.09. The van der Waals surface area contributed by atoms with Gasteiger partial charge in [-0.05, 0) is 42.5 Å². The lowest BCUT2D eigenvalue weighted by Crippen LogP contribution is -2.22. The van der Waals surface area contributed by atoms with Gasteiger partial charge >= 0.3 is 5.97 Å². The molecule has 0 aliphatic heterocycles. The number of esters is 1. The van der Waals surface area contributed by atoms with Crippen molar-refractivity contribution in [1.82, 2.24) is 3.97 Å². The molecule has 0 bridgehead atoms. The van der Waals surface area contributed by atoms with Gasteiger partial charge in [0.1, 0.15) is 5.82 Å². The predicted octanol–water partition coefficient (Wildman–Crippen LogP) is 2.45. The maximum Gasteiger partial charge on any atom is 0.340 e. The average molecular weight is 438 g/mol. The molecule has 0 atom stereocenters. The van der Waals surface area contributed by atoms with Crippen molar-refractivity contribution in [2.45, 2.75) is 9.92 Å². The lowest BCUT2D eigenvalue weighted by Gasteiger charge is -2.13. The lowest BCUT2D eigenvalue weighted by molar-refractivity contribution is 0.0595. The molecule has 0 aliphatic carbocycles. The van der Waals surface area contributed by atoms with Crippen molar-refractivity contribution in [3.63, 3.8) is 0 Å². The molecule has 8 nitrogen and oxygen atoms in total. The second-order valence-corrected chi connectivity index (χ2v) is 9.20. The van der Waals surface area contributed by atoms with E-state index in [1.807, 2.05) is 0 Å². The van der Waals surface area contributed by atoms with Crippen LogP contribution < -0.4 is 4.72 Å². The number of carbonyl (C=O) groups is 1. The Morgan fingerprint density at radius 3 is 2.31 bits per heavy atom. The summed E-state index contributed by atoms with van der Waals surface area (Å²) in [6.07, 6.45) is 1.10. The highest BCUT2D eigenvalue weighted by Gasteiger charge is 2.27. The number of hydrogen-bond acceptors (Lipinski definition) is 6. The first-order valence-corrected chi connectivity index (χ1v) is 11.0. The van der Waals surface area contributed by atoms with Crippen LogP contribution in [0.5, 0.6) is 0 Å². The molecule has 0 unspecified atom stereocenters. The molecule has 2 aromatic carbocycles. The number of carbonyl (C=O) groups excluding carboxylic acids is 1. The molecular formula is C18H15FN2O6S2. The average Bonchev–Trinajstić information content (AvgIpc) is 3.20. The molecule has 0 saturated heterocycles. The van der Waals surface area contributed by atoms with Gasteiger partial charge in [-0.3, -0.25) is 4.72 Å². The molecule has 3 rings (SSSR count). The van der Waals surface area contributed by atoms with E-state index in [0.29, 0.717) is 3.97 Å². The number of halogens is 1. The lowest BCUT2D eigenvalue weighted by atomic mass is 10.2. The van der Waals surface area contributed by atoms with Crippen molar-refractivity contribution in [3.8, 4) is 0 Å². The number of nitrogens with one attached hydrogen (secondary N) is 1. The highest BCUT2D eigenvalue weighted by atomic mass is 32.2. The van der Waals surface area contributed by atoms with Crippen LogP contribution in [0.4, 0.5) is 10.1 Å². The Morgan fingerprint density at radius 2 is 1.69 bits per heavy atom. The van der Waals surface area contributed by atoms with Gasteiger partial charge in [0.05, 0.1) is 23.3 Å². The number of rotatable bonds is 6. The number of hydrogen-bond donors (Lipinski definition) is 1. The number of nitrogens with zero attached hydrogens (tertiary/aromatic N) is 1. The molecule has 1 aromatic heterocycles. The number of methoxy groups -OCH3 is 1. The topological polar surface area (TPSA) is 112 Å². The fourth-order valence-electron chi connectivity index (χ4n) is 2.52. The van der Waals surface area contributed by atoms with E-state index in [1.54, 1.807) is 6.07 Å². The number of sulfonamides is 1. The van der Waals surface area contributed by atoms with E-state index in [9.17, 15) is 26.0 Å². The Morgan fingerprint density at radius 1 is 1.00 bits per heavy atom. The zero-order chi connectivity index (χ0) is 21.2. The van der Waals surface area contributed by atoms with E-state index in [1.165, 1.54) is 30.3 Å². The fraction of sp³-hybridized carbons (Fsp3) is 0.0556. The van der Waals surface area contributed by atoms with Gasteiger partial charge in [0, 0.05) is 6.20 Å². The van der Waals surface area contributed by atoms with Gasteiger partial charge in [-0.15, -0.1) is 0 Å². The molecule has 0 fully saturated rings. The Bertz CT molecular complexity index is 1270. The van der Waals surface area contributed by atoms with Gasteiger partial charge in [0.15, 0.2) is 5.03 Å². The standard InChI is InChI=1S/C18H15FN2O6S2/c1-27-18(22)15-10-9-13(12-16(15)19)20-28(23,24)17-8-5-11-21(17)29(25,26)14-6-3-2-4-7-14/h2-12,20H,1H3. The van der Waals surface area contributed by atoms with Crippen LogP contribution in [0.2, 0.25) is 0 Å². The summed E-state index contributed by atoms with van der Waals surface area (Å²) >= 11 is 0. The Hall–Kier alpha value is -3.18. The van der Waals surface area contributed by atoms with E-state index < -0.39 is 36.9 Å². The van der Waals surface area contributed by atoms with Crippen LogP contribution >= 0.6 is 0 Å². The normalized spacial score (nSPS) is 11.8. The molecule has 29 heavy (non-hydrogen) atoms. The summed E-state index contributed by atoms with van der Waals surface area (Å²) in [4.78, 5) is 11.3. The number of ether oxygens (including phenoxy) is 1. The molecular weight excluding hydrogens is 423 g/mol. The molecule has 0 saturated carbocycles. The van der Waals surface area contributed by atoms with Crippen molar-refractivity contribution < 1.29 is 30.8 Å². The van der Waals surface area contributed by atoms with Gasteiger partial charge < -0.3 is 4.74 Å². The van der Waals surface area contributed by atoms with Crippen LogP contribution in [-0.4, -0.2) is 33.9 Å². The SMILES string of the molecule is COC(=O)c1ccc(NS(=O)(=O)c2cccn2S(=O)(=O)c2ccccc2)cc1F. The Labute approximate surface area is 166 Å². The highest BCUT2D eigenvalue weighted by molar-refractivity contribution is 7.94. The van der Waals surface area contributed by atoms with Crippen LogP contribution in [0.15, 0.2) is 76.8 Å². The van der Waals surface area contributed by atoms with E-state index >= 15 is 0 Å². The maximum absolute atomic E-state index is 14.1. The molecule has 1 heterocycles. The van der Waals surface area contributed by atoms with Crippen molar-refractivity contribution >= 4 is 31.7 Å². The second kappa shape index (κ2) is 7.68. The number of aromatic nitrogens is 1. The first-order valence-electron chi connectivity index (χ1n) is 8.05. The molecule has 0 amide bonds. The Kier molecular flexibility index (Phi) is 5.44. The predicted molar refractivity (Wildman–Crippen MR) is 102 cm³/mol. The van der Waals surface area contributed by atoms with Crippen LogP contribution in [0.1, 0.15) is 10.4 Å². The van der Waals surface area contributed by atoms with Gasteiger partial charge in [-0.25, -0.2) is 21.6 Å². The molecule has 1 N–H and O–H groups in total. The summed E-state index contributed by atoms with van der Waals surface area (Å²) in [6, 6.07) is 12.7. The zero-order valence-corrected chi connectivity index (χ0v) is 16.6. The third kappa shape index (κ3) is 4.00. The summed E-state index contributed by atoms with van der Waals surface area (Å²) < 4.78 is 72.2. The van der Waals surface area contributed by atoms with Gasteiger partial charge in [0.2, 0.25) is 0 Å². The fourth-order valence-corrected chi connectivity index (χ4v) is 5.47. The van der Waals surface area contributed by atoms with E-state index in [0.717, 1.165) is 37.6 Å². The van der Waals surface area contributed by atoms with Gasteiger partial charge in [-0.2, -0.15) is 8.42 Å². The van der Waals surface area contributed by atoms with Crippen molar-refractivity contribution in [2.75, 3.05) is 11.8 Å². The molecule has 3 aromatic rings. The first kappa shape index (κ1) is 20.6. The molecule has 0 radical (unpaired) electrons. The van der Waals surface area contributed by atoms with Crippen LogP contribution in [-0.2, 0) is 24.8 Å². The van der Waals surface area contributed by atoms with Crippen molar-refractivity contribution in [2.24, 2.45) is 0 Å². The minimum atomic E-state index is -4.40. The summed E-state index contributed by atoms with van der Waals surface area (Å²) in [5.41, 5.74) is -0.564. The highest BCUT2D eigenvalue weighted by Crippen LogP contribution is 2.23. The molecule has 11 heteroatoms. The molecule has 0 spiro atoms. The Balaban J connectivity index is 1.98. The second-order valence-electron chi connectivity index (χ2n) is 5.75. The van der Waals surface area contributed by atoms with E-state index in [-0.39, 0.29) is 16.1 Å². The summed E-state index contributed by atoms with van der Waals surface area (Å²) in [7, 11) is -7.48. The minimum Gasteiger partial charge on any atom is -0.465 e. The quantitative estimate of drug-likeness (QED) is 0.592. The molecule has 152 valence electrons. The van der Waals surface area contributed by atoms with Crippen molar-refractivity contribution in [1.29, 1.82) is 0 Å². The third-order valence-electron chi connectivity index (χ3n) is 3.88. The van der Waals surface area contributed by atoms with E-state index in [4.69, 9.17) is 0 Å². The van der Waals surface area contributed by atoms with Crippen LogP contribution in [0.3, 0.4) is 0 Å². The van der Waals surface area contributed by atoms with Crippen molar-refractivity contribution in [3.05, 3.63) is 78.2 Å². The maximum atomic E-state index is 14.1. The van der Waals surface area contributed by atoms with Gasteiger partial charge in [0.25, 0.3) is 20.0 Å². The number of anilines is 1. The summed E-state index contributed by atoms with van der Waals surface area (Å²) in [5.74, 6) is -1.91.